The first-order chi connectivity index (χ1) is 10.2. The van der Waals surface area contributed by atoms with E-state index in [-0.39, 0.29) is 0 Å². The van der Waals surface area contributed by atoms with Crippen molar-refractivity contribution in [2.75, 3.05) is 20.1 Å². The Bertz CT molecular complexity index is 393. The Labute approximate surface area is 130 Å². The minimum Gasteiger partial charge on any atom is -0.310 e. The maximum Gasteiger partial charge on any atom is 0.0332 e. The van der Waals surface area contributed by atoms with Crippen LogP contribution in [0.5, 0.6) is 0 Å². The summed E-state index contributed by atoms with van der Waals surface area (Å²) in [5.41, 5.74) is 2.78. The van der Waals surface area contributed by atoms with Crippen molar-refractivity contribution >= 4 is 0 Å². The smallest absolute Gasteiger partial charge is 0.0332 e. The molecule has 1 aliphatic rings. The zero-order valence-corrected chi connectivity index (χ0v) is 14.1. The number of rotatable bonds is 8. The van der Waals surface area contributed by atoms with Crippen molar-refractivity contribution in [3.63, 3.8) is 0 Å². The van der Waals surface area contributed by atoms with E-state index in [4.69, 9.17) is 0 Å². The van der Waals surface area contributed by atoms with Gasteiger partial charge in [-0.3, -0.25) is 0 Å². The first kappa shape index (κ1) is 16.5. The van der Waals surface area contributed by atoms with Crippen LogP contribution in [0.2, 0.25) is 0 Å². The first-order valence-electron chi connectivity index (χ1n) is 8.71. The summed E-state index contributed by atoms with van der Waals surface area (Å²) in [5, 5.41) is 3.72. The lowest BCUT2D eigenvalue weighted by Crippen LogP contribution is -2.33. The fraction of sp³-hybridized carbons (Fsp3) is 0.684. The van der Waals surface area contributed by atoms with Crippen LogP contribution in [-0.4, -0.2) is 31.1 Å². The second kappa shape index (κ2) is 8.55. The maximum absolute atomic E-state index is 3.72. The van der Waals surface area contributed by atoms with Crippen LogP contribution < -0.4 is 5.32 Å². The Morgan fingerprint density at radius 2 is 1.86 bits per heavy atom. The zero-order valence-electron chi connectivity index (χ0n) is 14.1. The van der Waals surface area contributed by atoms with Crippen molar-refractivity contribution in [2.24, 2.45) is 0 Å². The molecule has 1 fully saturated rings. The normalized spacial score (nSPS) is 17.5. The lowest BCUT2D eigenvalue weighted by molar-refractivity contribution is 0.231. The highest BCUT2D eigenvalue weighted by Gasteiger charge is 2.20. The molecule has 0 bridgehead atoms. The van der Waals surface area contributed by atoms with Gasteiger partial charge in [0, 0.05) is 12.1 Å². The van der Waals surface area contributed by atoms with E-state index in [0.717, 1.165) is 12.6 Å². The van der Waals surface area contributed by atoms with Crippen LogP contribution in [0, 0.1) is 6.92 Å². The number of nitrogens with one attached hydrogen (secondary N) is 1. The van der Waals surface area contributed by atoms with E-state index in [1.54, 1.807) is 0 Å². The SMILES string of the molecule is CCCNC(CCN(C)C1CCCC1)c1ccc(C)cc1. The molecule has 1 saturated carbocycles. The van der Waals surface area contributed by atoms with Crippen LogP contribution in [0.15, 0.2) is 24.3 Å². The second-order valence-electron chi connectivity index (χ2n) is 6.62. The van der Waals surface area contributed by atoms with Gasteiger partial charge in [0.2, 0.25) is 0 Å². The van der Waals surface area contributed by atoms with E-state index in [1.807, 2.05) is 0 Å². The fourth-order valence-corrected chi connectivity index (χ4v) is 3.36. The number of hydrogen-bond acceptors (Lipinski definition) is 2. The molecule has 2 rings (SSSR count). The minimum atomic E-state index is 0.495. The Hall–Kier alpha value is -0.860. The molecule has 1 N–H and O–H groups in total. The Morgan fingerprint density at radius 3 is 2.48 bits per heavy atom. The molecule has 0 spiro atoms. The monoisotopic (exact) mass is 288 g/mol. The third-order valence-corrected chi connectivity index (χ3v) is 4.84. The van der Waals surface area contributed by atoms with Gasteiger partial charge >= 0.3 is 0 Å². The van der Waals surface area contributed by atoms with Crippen molar-refractivity contribution in [3.8, 4) is 0 Å². The fourth-order valence-electron chi connectivity index (χ4n) is 3.36. The summed E-state index contributed by atoms with van der Waals surface area (Å²) in [5.74, 6) is 0. The van der Waals surface area contributed by atoms with Crippen molar-refractivity contribution in [2.45, 2.75) is 64.5 Å². The predicted molar refractivity (Wildman–Crippen MR) is 91.7 cm³/mol. The van der Waals surface area contributed by atoms with Gasteiger partial charge in [-0.1, -0.05) is 49.6 Å². The standard InChI is InChI=1S/C19H32N2/c1-4-14-20-19(17-11-9-16(2)10-12-17)13-15-21(3)18-7-5-6-8-18/h9-12,18-20H,4-8,13-15H2,1-3H3. The summed E-state index contributed by atoms with van der Waals surface area (Å²) in [7, 11) is 2.31. The molecule has 0 aromatic heterocycles. The predicted octanol–water partition coefficient (Wildman–Crippen LogP) is 4.30. The zero-order chi connectivity index (χ0) is 15.1. The summed E-state index contributed by atoms with van der Waals surface area (Å²) < 4.78 is 0. The third kappa shape index (κ3) is 5.12. The van der Waals surface area contributed by atoms with E-state index in [0.29, 0.717) is 6.04 Å². The molecule has 2 nitrogen and oxygen atoms in total. The number of hydrogen-bond donors (Lipinski definition) is 1. The molecule has 0 saturated heterocycles. The quantitative estimate of drug-likeness (QED) is 0.767. The number of aryl methyl sites for hydroxylation is 1. The Morgan fingerprint density at radius 1 is 1.19 bits per heavy atom. The number of benzene rings is 1. The molecule has 2 heteroatoms. The molecule has 0 radical (unpaired) electrons. The van der Waals surface area contributed by atoms with Crippen molar-refractivity contribution in [1.82, 2.24) is 10.2 Å². The highest BCUT2D eigenvalue weighted by atomic mass is 15.1. The summed E-state index contributed by atoms with van der Waals surface area (Å²) >= 11 is 0. The lowest BCUT2D eigenvalue weighted by atomic mass is 10.0. The summed E-state index contributed by atoms with van der Waals surface area (Å²) in [6.07, 6.45) is 8.04. The van der Waals surface area contributed by atoms with Crippen LogP contribution in [0.1, 0.15) is 62.6 Å². The van der Waals surface area contributed by atoms with Gasteiger partial charge in [0.25, 0.3) is 0 Å². The van der Waals surface area contributed by atoms with Gasteiger partial charge in [-0.25, -0.2) is 0 Å². The van der Waals surface area contributed by atoms with E-state index in [1.165, 1.54) is 56.2 Å². The molecule has 1 atom stereocenters. The van der Waals surface area contributed by atoms with Gasteiger partial charge in [0.15, 0.2) is 0 Å². The van der Waals surface area contributed by atoms with Crippen molar-refractivity contribution in [1.29, 1.82) is 0 Å². The highest BCUT2D eigenvalue weighted by molar-refractivity contribution is 5.24. The average molecular weight is 288 g/mol. The van der Waals surface area contributed by atoms with E-state index in [9.17, 15) is 0 Å². The Balaban J connectivity index is 1.90. The van der Waals surface area contributed by atoms with Crippen molar-refractivity contribution in [3.05, 3.63) is 35.4 Å². The molecule has 0 heterocycles. The molecular weight excluding hydrogens is 256 g/mol. The van der Waals surface area contributed by atoms with Gasteiger partial charge in [0.1, 0.15) is 0 Å². The molecule has 0 aliphatic heterocycles. The molecule has 1 aromatic rings. The maximum atomic E-state index is 3.72. The van der Waals surface area contributed by atoms with E-state index >= 15 is 0 Å². The van der Waals surface area contributed by atoms with Crippen LogP contribution in [0.3, 0.4) is 0 Å². The molecule has 0 amide bonds. The van der Waals surface area contributed by atoms with Crippen LogP contribution in [0.25, 0.3) is 0 Å². The van der Waals surface area contributed by atoms with Gasteiger partial charge < -0.3 is 10.2 Å². The summed E-state index contributed by atoms with van der Waals surface area (Å²) in [6, 6.07) is 10.4. The van der Waals surface area contributed by atoms with Gasteiger partial charge in [-0.15, -0.1) is 0 Å². The first-order valence-corrected chi connectivity index (χ1v) is 8.71. The van der Waals surface area contributed by atoms with Gasteiger partial charge in [-0.05, 0) is 58.3 Å². The molecule has 1 unspecified atom stereocenters. The minimum absolute atomic E-state index is 0.495. The Kier molecular flexibility index (Phi) is 6.72. The number of nitrogens with zero attached hydrogens (tertiary/aromatic N) is 1. The molecule has 118 valence electrons. The molecule has 1 aliphatic carbocycles. The second-order valence-corrected chi connectivity index (χ2v) is 6.62. The molecule has 21 heavy (non-hydrogen) atoms. The summed E-state index contributed by atoms with van der Waals surface area (Å²) in [6.45, 7) is 6.70. The van der Waals surface area contributed by atoms with Crippen molar-refractivity contribution < 1.29 is 0 Å². The third-order valence-electron chi connectivity index (χ3n) is 4.84. The molecular formula is C19H32N2. The van der Waals surface area contributed by atoms with Crippen LogP contribution >= 0.6 is 0 Å². The van der Waals surface area contributed by atoms with E-state index < -0.39 is 0 Å². The van der Waals surface area contributed by atoms with Crippen LogP contribution in [-0.2, 0) is 0 Å². The van der Waals surface area contributed by atoms with E-state index in [2.05, 4.69) is 55.4 Å². The summed E-state index contributed by atoms with van der Waals surface area (Å²) in [4.78, 5) is 2.59. The largest absolute Gasteiger partial charge is 0.310 e. The average Bonchev–Trinajstić information content (AvgIpc) is 3.03. The highest BCUT2D eigenvalue weighted by Crippen LogP contribution is 2.24. The lowest BCUT2D eigenvalue weighted by Gasteiger charge is -2.27. The molecule has 1 aromatic carbocycles. The van der Waals surface area contributed by atoms with Crippen LogP contribution in [0.4, 0.5) is 0 Å². The van der Waals surface area contributed by atoms with Gasteiger partial charge in [0.05, 0.1) is 0 Å². The van der Waals surface area contributed by atoms with Gasteiger partial charge in [-0.2, -0.15) is 0 Å². The topological polar surface area (TPSA) is 15.3 Å².